The molecule has 0 radical (unpaired) electrons. The zero-order valence-corrected chi connectivity index (χ0v) is 16.0. The van der Waals surface area contributed by atoms with Gasteiger partial charge in [0.05, 0.1) is 19.4 Å². The first-order chi connectivity index (χ1) is 12.4. The number of H-pyrrole nitrogens is 1. The molecule has 0 spiro atoms. The van der Waals surface area contributed by atoms with Crippen LogP contribution in [0.15, 0.2) is 11.4 Å². The number of rotatable bonds is 7. The van der Waals surface area contributed by atoms with Crippen molar-refractivity contribution in [3.63, 3.8) is 0 Å². The maximum atomic E-state index is 12.3. The quantitative estimate of drug-likeness (QED) is 0.721. The maximum Gasteiger partial charge on any atom is 0.355 e. The molecule has 7 nitrogen and oxygen atoms in total. The average Bonchev–Trinajstić information content (AvgIpc) is 3.17. The molecule has 0 aliphatic rings. The highest BCUT2D eigenvalue weighted by Gasteiger charge is 2.20. The lowest BCUT2D eigenvalue weighted by atomic mass is 10.0. The Morgan fingerprint density at radius 3 is 2.62 bits per heavy atom. The van der Waals surface area contributed by atoms with E-state index in [4.69, 9.17) is 9.47 Å². The Kier molecular flexibility index (Phi) is 6.57. The molecule has 2 heterocycles. The van der Waals surface area contributed by atoms with E-state index < -0.39 is 11.9 Å². The van der Waals surface area contributed by atoms with Gasteiger partial charge < -0.3 is 19.8 Å². The molecule has 0 aromatic carbocycles. The van der Waals surface area contributed by atoms with E-state index in [0.29, 0.717) is 29.3 Å². The number of amides is 1. The van der Waals surface area contributed by atoms with E-state index in [-0.39, 0.29) is 12.3 Å². The highest BCUT2D eigenvalue weighted by molar-refractivity contribution is 7.12. The molecular formula is C18H22N2O5S. The van der Waals surface area contributed by atoms with Gasteiger partial charge in [-0.25, -0.2) is 9.59 Å². The molecule has 0 fully saturated rings. The molecular weight excluding hydrogens is 356 g/mol. The van der Waals surface area contributed by atoms with E-state index >= 15 is 0 Å². The normalized spacial score (nSPS) is 10.5. The number of esters is 2. The molecule has 8 heteroatoms. The van der Waals surface area contributed by atoms with Gasteiger partial charge in [0.25, 0.3) is 0 Å². The Balaban J connectivity index is 2.03. The van der Waals surface area contributed by atoms with Gasteiger partial charge in [0, 0.05) is 12.1 Å². The van der Waals surface area contributed by atoms with E-state index in [1.807, 2.05) is 13.8 Å². The van der Waals surface area contributed by atoms with Gasteiger partial charge >= 0.3 is 11.9 Å². The summed E-state index contributed by atoms with van der Waals surface area (Å²) in [7, 11) is 1.30. The Hall–Kier alpha value is -2.61. The molecule has 0 aliphatic carbocycles. The van der Waals surface area contributed by atoms with Crippen molar-refractivity contribution in [3.05, 3.63) is 38.8 Å². The van der Waals surface area contributed by atoms with Crippen LogP contribution < -0.4 is 5.32 Å². The van der Waals surface area contributed by atoms with Crippen LogP contribution in [0.4, 0.5) is 5.69 Å². The molecule has 26 heavy (non-hydrogen) atoms. The second kappa shape index (κ2) is 8.66. The van der Waals surface area contributed by atoms with E-state index in [0.717, 1.165) is 16.8 Å². The fourth-order valence-corrected chi connectivity index (χ4v) is 3.45. The molecule has 2 rings (SSSR count). The molecule has 0 unspecified atom stereocenters. The Morgan fingerprint density at radius 1 is 1.23 bits per heavy atom. The van der Waals surface area contributed by atoms with E-state index in [1.54, 1.807) is 18.4 Å². The second-order valence-corrected chi connectivity index (χ2v) is 6.57. The van der Waals surface area contributed by atoms with Gasteiger partial charge in [0.15, 0.2) is 0 Å². The standard InChI is InChI=1S/C18H22N2O5S/c1-5-25-17(22)15-10(2)12(11(3)19-15)6-7-14(21)20-13-8-9-26-16(13)18(23)24-4/h8-9,19H,5-7H2,1-4H3,(H,20,21). The summed E-state index contributed by atoms with van der Waals surface area (Å²) in [6.07, 6.45) is 0.690. The third-order valence-corrected chi connectivity index (χ3v) is 4.88. The lowest BCUT2D eigenvalue weighted by molar-refractivity contribution is -0.116. The number of carbonyl (C=O) groups excluding carboxylic acids is 3. The summed E-state index contributed by atoms with van der Waals surface area (Å²) in [4.78, 5) is 39.2. The molecule has 1 amide bonds. The zero-order chi connectivity index (χ0) is 19.3. The largest absolute Gasteiger partial charge is 0.465 e. The Labute approximate surface area is 155 Å². The molecule has 0 saturated heterocycles. The van der Waals surface area contributed by atoms with Crippen molar-refractivity contribution in [2.75, 3.05) is 19.0 Å². The number of aromatic nitrogens is 1. The van der Waals surface area contributed by atoms with Crippen LogP contribution in [0.1, 0.15) is 50.3 Å². The van der Waals surface area contributed by atoms with Crippen LogP contribution in [0.2, 0.25) is 0 Å². The number of carbonyl (C=O) groups is 3. The lowest BCUT2D eigenvalue weighted by Gasteiger charge is -2.06. The van der Waals surface area contributed by atoms with E-state index in [2.05, 4.69) is 10.3 Å². The summed E-state index contributed by atoms with van der Waals surface area (Å²) in [5, 5.41) is 4.45. The number of hydrogen-bond acceptors (Lipinski definition) is 6. The number of aromatic amines is 1. The smallest absolute Gasteiger partial charge is 0.355 e. The Morgan fingerprint density at radius 2 is 1.96 bits per heavy atom. The van der Waals surface area contributed by atoms with Gasteiger partial charge in [-0.1, -0.05) is 0 Å². The van der Waals surface area contributed by atoms with Crippen molar-refractivity contribution < 1.29 is 23.9 Å². The first-order valence-electron chi connectivity index (χ1n) is 8.19. The second-order valence-electron chi connectivity index (χ2n) is 5.65. The van der Waals surface area contributed by atoms with Crippen LogP contribution in [-0.2, 0) is 20.7 Å². The minimum absolute atomic E-state index is 0.216. The van der Waals surface area contributed by atoms with Crippen molar-refractivity contribution in [1.29, 1.82) is 0 Å². The third kappa shape index (κ3) is 4.32. The number of thiophene rings is 1. The molecule has 2 N–H and O–H groups in total. The number of methoxy groups -OCH3 is 1. The minimum Gasteiger partial charge on any atom is -0.465 e. The predicted molar refractivity (Wildman–Crippen MR) is 98.8 cm³/mol. The third-order valence-electron chi connectivity index (χ3n) is 3.98. The highest BCUT2D eigenvalue weighted by atomic mass is 32.1. The van der Waals surface area contributed by atoms with Crippen LogP contribution >= 0.6 is 11.3 Å². The zero-order valence-electron chi connectivity index (χ0n) is 15.2. The van der Waals surface area contributed by atoms with Crippen LogP contribution in [0, 0.1) is 13.8 Å². The molecule has 0 saturated carbocycles. The summed E-state index contributed by atoms with van der Waals surface area (Å²) < 4.78 is 9.72. The van der Waals surface area contributed by atoms with Crippen LogP contribution in [-0.4, -0.2) is 36.5 Å². The van der Waals surface area contributed by atoms with E-state index in [1.165, 1.54) is 18.4 Å². The number of hydrogen-bond donors (Lipinski definition) is 2. The van der Waals surface area contributed by atoms with Gasteiger partial charge in [0.1, 0.15) is 10.6 Å². The van der Waals surface area contributed by atoms with Crippen LogP contribution in [0.3, 0.4) is 0 Å². The fourth-order valence-electron chi connectivity index (χ4n) is 2.68. The summed E-state index contributed by atoms with van der Waals surface area (Å²) in [6, 6.07) is 1.67. The van der Waals surface area contributed by atoms with Crippen LogP contribution in [0.25, 0.3) is 0 Å². The van der Waals surface area contributed by atoms with Crippen molar-refractivity contribution in [2.24, 2.45) is 0 Å². The van der Waals surface area contributed by atoms with Crippen LogP contribution in [0.5, 0.6) is 0 Å². The summed E-state index contributed by atoms with van der Waals surface area (Å²) in [5.41, 5.74) is 3.41. The molecule has 2 aromatic rings. The predicted octanol–water partition coefficient (Wildman–Crippen LogP) is 3.23. The van der Waals surface area contributed by atoms with Gasteiger partial charge in [-0.15, -0.1) is 11.3 Å². The van der Waals surface area contributed by atoms with Crippen molar-refractivity contribution in [1.82, 2.24) is 4.98 Å². The first kappa shape index (κ1) is 19.7. The minimum atomic E-state index is -0.480. The molecule has 0 bridgehead atoms. The summed E-state index contributed by atoms with van der Waals surface area (Å²) in [6.45, 7) is 5.74. The van der Waals surface area contributed by atoms with Gasteiger partial charge in [-0.05, 0) is 49.8 Å². The number of ether oxygens (including phenoxy) is 2. The molecule has 0 atom stereocenters. The summed E-state index contributed by atoms with van der Waals surface area (Å²) in [5.74, 6) is -1.09. The van der Waals surface area contributed by atoms with Gasteiger partial charge in [-0.3, -0.25) is 4.79 Å². The highest BCUT2D eigenvalue weighted by Crippen LogP contribution is 2.24. The monoisotopic (exact) mass is 378 g/mol. The molecule has 2 aromatic heterocycles. The summed E-state index contributed by atoms with van der Waals surface area (Å²) >= 11 is 1.21. The van der Waals surface area contributed by atoms with Crippen molar-refractivity contribution in [2.45, 2.75) is 33.6 Å². The molecule has 0 aliphatic heterocycles. The molecule has 140 valence electrons. The fraction of sp³-hybridized carbons (Fsp3) is 0.389. The van der Waals surface area contributed by atoms with Crippen molar-refractivity contribution in [3.8, 4) is 0 Å². The topological polar surface area (TPSA) is 97.5 Å². The van der Waals surface area contributed by atoms with Gasteiger partial charge in [-0.2, -0.15) is 0 Å². The maximum absolute atomic E-state index is 12.3. The first-order valence-corrected chi connectivity index (χ1v) is 9.07. The number of anilines is 1. The van der Waals surface area contributed by atoms with Gasteiger partial charge in [0.2, 0.25) is 5.91 Å². The Bertz CT molecular complexity index is 822. The average molecular weight is 378 g/mol. The number of nitrogens with one attached hydrogen (secondary N) is 2. The number of aryl methyl sites for hydroxylation is 1. The van der Waals surface area contributed by atoms with E-state index in [9.17, 15) is 14.4 Å². The SMILES string of the molecule is CCOC(=O)c1[nH]c(C)c(CCC(=O)Nc2ccsc2C(=O)OC)c1C. The van der Waals surface area contributed by atoms with Crippen molar-refractivity contribution >= 4 is 34.9 Å². The lowest BCUT2D eigenvalue weighted by Crippen LogP contribution is -2.14.